The molecule has 1 atom stereocenters. The number of nitrogens with zero attached hydrogens (tertiary/aromatic N) is 1. The van der Waals surface area contributed by atoms with Crippen LogP contribution in [0.4, 0.5) is 0 Å². The molecule has 0 amide bonds. The van der Waals surface area contributed by atoms with Gasteiger partial charge in [-0.1, -0.05) is 51.1 Å². The molecule has 0 bridgehead atoms. The maximum absolute atomic E-state index is 11.9. The lowest BCUT2D eigenvalue weighted by Gasteiger charge is -2.35. The number of nitrogens with one attached hydrogen (secondary N) is 1. The van der Waals surface area contributed by atoms with Gasteiger partial charge in [-0.2, -0.15) is 0 Å². The Morgan fingerprint density at radius 1 is 1.21 bits per heavy atom. The molecule has 0 heterocycles. The minimum atomic E-state index is -1.04. The number of rotatable bonds is 8. The molecule has 1 aromatic rings. The summed E-state index contributed by atoms with van der Waals surface area (Å²) in [6, 6.07) is 9.42. The zero-order chi connectivity index (χ0) is 14.3. The smallest absolute Gasteiger partial charge is 0.329 e. The Hall–Kier alpha value is -1.39. The first-order valence-electron chi connectivity index (χ1n) is 6.87. The highest BCUT2D eigenvalue weighted by Gasteiger charge is 2.40. The van der Waals surface area contributed by atoms with Gasteiger partial charge in [0.1, 0.15) is 0 Å². The molecule has 4 heteroatoms. The monoisotopic (exact) mass is 264 g/mol. The molecule has 0 radical (unpaired) electrons. The van der Waals surface area contributed by atoms with Gasteiger partial charge in [-0.05, 0) is 25.2 Å². The molecule has 106 valence electrons. The largest absolute Gasteiger partial charge is 0.480 e. The number of carboxylic acid groups (broad SMARTS) is 1. The second-order valence-corrected chi connectivity index (χ2v) is 4.57. The maximum Gasteiger partial charge on any atom is 0.329 e. The summed E-state index contributed by atoms with van der Waals surface area (Å²) in [6.07, 6.45) is 0. The van der Waals surface area contributed by atoms with Gasteiger partial charge in [-0.25, -0.2) is 4.79 Å². The summed E-state index contributed by atoms with van der Waals surface area (Å²) in [4.78, 5) is 14.0. The standard InChI is InChI=1S/C15H24N2O2/c1-4-16-15(14(18)19,12-17(5-2)6-3)13-10-8-7-9-11-13/h7-11,16H,4-6,12H2,1-3H3,(H,18,19). The van der Waals surface area contributed by atoms with E-state index in [9.17, 15) is 9.90 Å². The maximum atomic E-state index is 11.9. The van der Waals surface area contributed by atoms with E-state index in [1.54, 1.807) is 0 Å². The molecule has 0 aliphatic heterocycles. The van der Waals surface area contributed by atoms with Gasteiger partial charge in [0, 0.05) is 6.54 Å². The van der Waals surface area contributed by atoms with Crippen molar-refractivity contribution in [3.63, 3.8) is 0 Å². The van der Waals surface area contributed by atoms with E-state index in [-0.39, 0.29) is 0 Å². The molecule has 2 N–H and O–H groups in total. The van der Waals surface area contributed by atoms with Crippen LogP contribution in [0.2, 0.25) is 0 Å². The van der Waals surface area contributed by atoms with E-state index < -0.39 is 11.5 Å². The van der Waals surface area contributed by atoms with Gasteiger partial charge in [-0.3, -0.25) is 5.32 Å². The van der Waals surface area contributed by atoms with E-state index in [0.717, 1.165) is 18.7 Å². The summed E-state index contributed by atoms with van der Waals surface area (Å²) in [5.41, 5.74) is -0.238. The zero-order valence-electron chi connectivity index (χ0n) is 12.0. The van der Waals surface area contributed by atoms with Gasteiger partial charge >= 0.3 is 5.97 Å². The van der Waals surface area contributed by atoms with Crippen molar-refractivity contribution in [1.29, 1.82) is 0 Å². The fourth-order valence-electron chi connectivity index (χ4n) is 2.32. The molecule has 1 unspecified atom stereocenters. The number of aliphatic carboxylic acids is 1. The second kappa shape index (κ2) is 7.26. The minimum absolute atomic E-state index is 0.465. The Morgan fingerprint density at radius 3 is 2.21 bits per heavy atom. The SMILES string of the molecule is CCNC(CN(CC)CC)(C(=O)O)c1ccccc1. The molecular formula is C15H24N2O2. The first-order valence-corrected chi connectivity index (χ1v) is 6.87. The van der Waals surface area contributed by atoms with Crippen LogP contribution in [0.1, 0.15) is 26.3 Å². The predicted molar refractivity (Wildman–Crippen MR) is 77.2 cm³/mol. The zero-order valence-corrected chi connectivity index (χ0v) is 12.0. The number of carbonyl (C=O) groups is 1. The lowest BCUT2D eigenvalue weighted by molar-refractivity contribution is -0.146. The Kier molecular flexibility index (Phi) is 5.99. The van der Waals surface area contributed by atoms with Crippen LogP contribution >= 0.6 is 0 Å². The summed E-state index contributed by atoms with van der Waals surface area (Å²) >= 11 is 0. The molecule has 0 aliphatic rings. The average molecular weight is 264 g/mol. The van der Waals surface area contributed by atoms with E-state index >= 15 is 0 Å². The molecule has 0 aliphatic carbocycles. The normalized spacial score (nSPS) is 14.3. The molecule has 1 rings (SSSR count). The number of hydrogen-bond donors (Lipinski definition) is 2. The van der Waals surface area contributed by atoms with Crippen molar-refractivity contribution in [3.8, 4) is 0 Å². The molecule has 0 fully saturated rings. The van der Waals surface area contributed by atoms with E-state index in [1.165, 1.54) is 0 Å². The fraction of sp³-hybridized carbons (Fsp3) is 0.533. The summed E-state index contributed by atoms with van der Waals surface area (Å²) in [7, 11) is 0. The van der Waals surface area contributed by atoms with Crippen molar-refractivity contribution < 1.29 is 9.90 Å². The molecule has 19 heavy (non-hydrogen) atoms. The number of likely N-dealkylation sites (N-methyl/N-ethyl adjacent to an activating group) is 2. The highest BCUT2D eigenvalue weighted by molar-refractivity contribution is 5.81. The minimum Gasteiger partial charge on any atom is -0.480 e. The van der Waals surface area contributed by atoms with Crippen molar-refractivity contribution in [3.05, 3.63) is 35.9 Å². The van der Waals surface area contributed by atoms with E-state index in [2.05, 4.69) is 10.2 Å². The third kappa shape index (κ3) is 3.55. The van der Waals surface area contributed by atoms with Gasteiger partial charge in [0.2, 0.25) is 0 Å². The predicted octanol–water partition coefficient (Wildman–Crippen LogP) is 1.92. The van der Waals surface area contributed by atoms with E-state index in [0.29, 0.717) is 13.1 Å². The van der Waals surface area contributed by atoms with E-state index in [4.69, 9.17) is 0 Å². The lowest BCUT2D eigenvalue weighted by Crippen LogP contribution is -2.56. The highest BCUT2D eigenvalue weighted by atomic mass is 16.4. The summed E-state index contributed by atoms with van der Waals surface area (Å²) in [5, 5.41) is 12.9. The molecular weight excluding hydrogens is 240 g/mol. The Bertz CT molecular complexity index is 390. The molecule has 4 nitrogen and oxygen atoms in total. The van der Waals surface area contributed by atoms with Crippen LogP contribution in [0.5, 0.6) is 0 Å². The van der Waals surface area contributed by atoms with Crippen LogP contribution < -0.4 is 5.32 Å². The van der Waals surface area contributed by atoms with Crippen LogP contribution in [0.3, 0.4) is 0 Å². The third-order valence-corrected chi connectivity index (χ3v) is 3.47. The summed E-state index contributed by atoms with van der Waals surface area (Å²) in [6.45, 7) is 8.78. The van der Waals surface area contributed by atoms with E-state index in [1.807, 2.05) is 51.1 Å². The van der Waals surface area contributed by atoms with Crippen molar-refractivity contribution in [2.75, 3.05) is 26.2 Å². The molecule has 0 aromatic heterocycles. The molecule has 1 aromatic carbocycles. The van der Waals surface area contributed by atoms with Crippen molar-refractivity contribution in [2.45, 2.75) is 26.3 Å². The van der Waals surface area contributed by atoms with Crippen LogP contribution in [0.25, 0.3) is 0 Å². The number of carboxylic acids is 1. The first-order chi connectivity index (χ1) is 9.10. The Morgan fingerprint density at radius 2 is 1.79 bits per heavy atom. The van der Waals surface area contributed by atoms with Gasteiger partial charge in [0.05, 0.1) is 0 Å². The quantitative estimate of drug-likeness (QED) is 0.753. The van der Waals surface area contributed by atoms with Crippen LogP contribution in [-0.4, -0.2) is 42.2 Å². The van der Waals surface area contributed by atoms with Crippen LogP contribution in [-0.2, 0) is 10.3 Å². The highest BCUT2D eigenvalue weighted by Crippen LogP contribution is 2.23. The Balaban J connectivity index is 3.18. The summed E-state index contributed by atoms with van der Waals surface area (Å²) in [5.74, 6) is -0.826. The van der Waals surface area contributed by atoms with Crippen LogP contribution in [0.15, 0.2) is 30.3 Å². The van der Waals surface area contributed by atoms with Gasteiger partial charge < -0.3 is 10.0 Å². The average Bonchev–Trinajstić information content (AvgIpc) is 2.44. The number of hydrogen-bond acceptors (Lipinski definition) is 3. The van der Waals surface area contributed by atoms with Crippen molar-refractivity contribution in [1.82, 2.24) is 10.2 Å². The topological polar surface area (TPSA) is 52.6 Å². The van der Waals surface area contributed by atoms with Crippen molar-refractivity contribution in [2.24, 2.45) is 0 Å². The van der Waals surface area contributed by atoms with Gasteiger partial charge in [-0.15, -0.1) is 0 Å². The Labute approximate surface area is 115 Å². The molecule has 0 saturated carbocycles. The number of benzene rings is 1. The molecule has 0 saturated heterocycles. The van der Waals surface area contributed by atoms with Crippen LogP contribution in [0, 0.1) is 0 Å². The lowest BCUT2D eigenvalue weighted by atomic mass is 9.89. The molecule has 0 spiro atoms. The van der Waals surface area contributed by atoms with Gasteiger partial charge in [0.15, 0.2) is 5.54 Å². The fourth-order valence-corrected chi connectivity index (χ4v) is 2.32. The summed E-state index contributed by atoms with van der Waals surface area (Å²) < 4.78 is 0. The first kappa shape index (κ1) is 15.7. The van der Waals surface area contributed by atoms with Crippen molar-refractivity contribution >= 4 is 5.97 Å². The second-order valence-electron chi connectivity index (χ2n) is 4.57. The van der Waals surface area contributed by atoms with Gasteiger partial charge in [0.25, 0.3) is 0 Å². The third-order valence-electron chi connectivity index (χ3n) is 3.47.